The van der Waals surface area contributed by atoms with E-state index in [1.165, 1.54) is 5.56 Å². The third-order valence-electron chi connectivity index (χ3n) is 3.74. The van der Waals surface area contributed by atoms with Crippen molar-refractivity contribution in [3.05, 3.63) is 66.4 Å². The van der Waals surface area contributed by atoms with E-state index in [0.717, 1.165) is 35.2 Å². The minimum atomic E-state index is 0.726. The Morgan fingerprint density at radius 3 is 2.52 bits per heavy atom. The number of pyridine rings is 1. The molecule has 0 aliphatic heterocycles. The second-order valence-electron chi connectivity index (χ2n) is 5.24. The molecule has 21 heavy (non-hydrogen) atoms. The molecule has 3 nitrogen and oxygen atoms in total. The van der Waals surface area contributed by atoms with Crippen LogP contribution in [0.2, 0.25) is 0 Å². The molecule has 3 heteroatoms. The van der Waals surface area contributed by atoms with Gasteiger partial charge in [-0.1, -0.05) is 48.5 Å². The highest BCUT2D eigenvalue weighted by atomic mass is 15.1. The number of rotatable bonds is 4. The Bertz CT molecular complexity index is 738. The maximum absolute atomic E-state index is 6.15. The fourth-order valence-corrected chi connectivity index (χ4v) is 2.62. The second-order valence-corrected chi connectivity index (χ2v) is 5.24. The molecule has 0 aliphatic rings. The molecule has 0 fully saturated rings. The Balaban J connectivity index is 1.87. The van der Waals surface area contributed by atoms with Crippen LogP contribution in [0.4, 0.5) is 11.4 Å². The Morgan fingerprint density at radius 1 is 1.00 bits per heavy atom. The van der Waals surface area contributed by atoms with E-state index in [1.807, 2.05) is 24.3 Å². The van der Waals surface area contributed by atoms with Crippen LogP contribution < -0.4 is 10.6 Å². The Morgan fingerprint density at radius 2 is 1.71 bits per heavy atom. The van der Waals surface area contributed by atoms with E-state index in [4.69, 9.17) is 5.73 Å². The van der Waals surface area contributed by atoms with E-state index in [9.17, 15) is 0 Å². The number of nitrogens with two attached hydrogens (primary N) is 1. The van der Waals surface area contributed by atoms with Crippen molar-refractivity contribution >= 4 is 22.3 Å². The number of para-hydroxylation sites is 1. The van der Waals surface area contributed by atoms with Crippen LogP contribution in [0.1, 0.15) is 5.56 Å². The van der Waals surface area contributed by atoms with Gasteiger partial charge < -0.3 is 10.6 Å². The summed E-state index contributed by atoms with van der Waals surface area (Å²) in [7, 11) is 2.08. The topological polar surface area (TPSA) is 42.1 Å². The van der Waals surface area contributed by atoms with Crippen LogP contribution in [-0.4, -0.2) is 18.6 Å². The minimum Gasteiger partial charge on any atom is -0.396 e. The minimum absolute atomic E-state index is 0.726. The molecule has 3 aromatic rings. The number of likely N-dealkylation sites (N-methyl/N-ethyl adjacent to an activating group) is 1. The lowest BCUT2D eigenvalue weighted by Crippen LogP contribution is -2.22. The van der Waals surface area contributed by atoms with Gasteiger partial charge in [0.1, 0.15) is 0 Å². The van der Waals surface area contributed by atoms with Gasteiger partial charge in [0, 0.05) is 19.0 Å². The summed E-state index contributed by atoms with van der Waals surface area (Å²) in [4.78, 5) is 6.61. The summed E-state index contributed by atoms with van der Waals surface area (Å²) in [5.74, 6) is 0. The van der Waals surface area contributed by atoms with Gasteiger partial charge in [-0.25, -0.2) is 0 Å². The zero-order valence-corrected chi connectivity index (χ0v) is 12.2. The molecule has 0 atom stereocenters. The van der Waals surface area contributed by atoms with Crippen molar-refractivity contribution in [3.63, 3.8) is 0 Å². The van der Waals surface area contributed by atoms with Gasteiger partial charge in [-0.05, 0) is 18.1 Å². The van der Waals surface area contributed by atoms with Crippen molar-refractivity contribution in [3.8, 4) is 0 Å². The SMILES string of the molecule is CN(CCc1ccccc1)c1c(N)cnc2ccccc12. The molecule has 2 N–H and O–H groups in total. The van der Waals surface area contributed by atoms with Gasteiger partial charge in [-0.2, -0.15) is 0 Å². The van der Waals surface area contributed by atoms with Crippen LogP contribution in [0.5, 0.6) is 0 Å². The van der Waals surface area contributed by atoms with Crippen LogP contribution in [0.3, 0.4) is 0 Å². The first-order chi connectivity index (χ1) is 10.3. The van der Waals surface area contributed by atoms with Crippen molar-refractivity contribution in [2.75, 3.05) is 24.2 Å². The molecule has 0 amide bonds. The number of anilines is 2. The summed E-state index contributed by atoms with van der Waals surface area (Å²) >= 11 is 0. The monoisotopic (exact) mass is 277 g/mol. The average molecular weight is 277 g/mol. The van der Waals surface area contributed by atoms with Crippen molar-refractivity contribution in [2.24, 2.45) is 0 Å². The molecule has 1 heterocycles. The fraction of sp³-hybridized carbons (Fsp3) is 0.167. The molecule has 0 radical (unpaired) electrons. The van der Waals surface area contributed by atoms with Crippen LogP contribution in [-0.2, 0) is 6.42 Å². The lowest BCUT2D eigenvalue weighted by atomic mass is 10.1. The smallest absolute Gasteiger partial charge is 0.0745 e. The van der Waals surface area contributed by atoms with E-state index < -0.39 is 0 Å². The van der Waals surface area contributed by atoms with Crippen LogP contribution in [0.25, 0.3) is 10.9 Å². The highest BCUT2D eigenvalue weighted by Crippen LogP contribution is 2.30. The molecule has 3 rings (SSSR count). The van der Waals surface area contributed by atoms with Crippen molar-refractivity contribution in [1.29, 1.82) is 0 Å². The molecular weight excluding hydrogens is 258 g/mol. The van der Waals surface area contributed by atoms with Crippen LogP contribution in [0.15, 0.2) is 60.8 Å². The fourth-order valence-electron chi connectivity index (χ4n) is 2.62. The van der Waals surface area contributed by atoms with Gasteiger partial charge in [0.25, 0.3) is 0 Å². The number of fused-ring (bicyclic) bond motifs is 1. The van der Waals surface area contributed by atoms with Gasteiger partial charge in [-0.3, -0.25) is 4.98 Å². The molecule has 2 aromatic carbocycles. The van der Waals surface area contributed by atoms with Gasteiger partial charge in [0.15, 0.2) is 0 Å². The number of aromatic nitrogens is 1. The van der Waals surface area contributed by atoms with Crippen LogP contribution >= 0.6 is 0 Å². The zero-order chi connectivity index (χ0) is 14.7. The number of hydrogen-bond donors (Lipinski definition) is 1. The summed E-state index contributed by atoms with van der Waals surface area (Å²) in [6.45, 7) is 0.919. The molecule has 106 valence electrons. The lowest BCUT2D eigenvalue weighted by molar-refractivity contribution is 0.880. The highest BCUT2D eigenvalue weighted by Gasteiger charge is 2.10. The maximum Gasteiger partial charge on any atom is 0.0745 e. The molecule has 0 saturated carbocycles. The Hall–Kier alpha value is -2.55. The first-order valence-corrected chi connectivity index (χ1v) is 7.14. The van der Waals surface area contributed by atoms with Crippen molar-refractivity contribution in [1.82, 2.24) is 4.98 Å². The van der Waals surface area contributed by atoms with E-state index in [-0.39, 0.29) is 0 Å². The summed E-state index contributed by atoms with van der Waals surface area (Å²) in [6, 6.07) is 18.6. The number of benzene rings is 2. The first kappa shape index (κ1) is 13.4. The van der Waals surface area contributed by atoms with E-state index in [0.29, 0.717) is 0 Å². The van der Waals surface area contributed by atoms with E-state index in [1.54, 1.807) is 6.20 Å². The highest BCUT2D eigenvalue weighted by molar-refractivity contribution is 5.97. The molecule has 0 saturated heterocycles. The molecule has 0 aliphatic carbocycles. The molecule has 0 spiro atoms. The molecule has 0 bridgehead atoms. The molecule has 0 unspecified atom stereocenters. The van der Waals surface area contributed by atoms with Gasteiger partial charge in [0.2, 0.25) is 0 Å². The standard InChI is InChI=1S/C18H19N3/c1-21(12-11-14-7-3-2-4-8-14)18-15-9-5-6-10-17(15)20-13-16(18)19/h2-10,13H,11-12,19H2,1H3. The van der Waals surface area contributed by atoms with E-state index >= 15 is 0 Å². The average Bonchev–Trinajstić information content (AvgIpc) is 2.53. The summed E-state index contributed by atoms with van der Waals surface area (Å²) in [5.41, 5.74) is 10.3. The number of nitrogens with zero attached hydrogens (tertiary/aromatic N) is 2. The lowest BCUT2D eigenvalue weighted by Gasteiger charge is -2.22. The normalized spacial score (nSPS) is 10.7. The molecule has 1 aromatic heterocycles. The first-order valence-electron chi connectivity index (χ1n) is 7.14. The third kappa shape index (κ3) is 2.82. The summed E-state index contributed by atoms with van der Waals surface area (Å²) in [6.07, 6.45) is 2.74. The van der Waals surface area contributed by atoms with E-state index in [2.05, 4.69) is 47.3 Å². The Kier molecular flexibility index (Phi) is 3.73. The predicted octanol–water partition coefficient (Wildman–Crippen LogP) is 3.50. The number of hydrogen-bond acceptors (Lipinski definition) is 3. The van der Waals surface area contributed by atoms with Gasteiger partial charge in [-0.15, -0.1) is 0 Å². The zero-order valence-electron chi connectivity index (χ0n) is 12.2. The Labute approximate surface area is 125 Å². The van der Waals surface area contributed by atoms with Gasteiger partial charge >= 0.3 is 0 Å². The number of nitrogen functional groups attached to an aromatic ring is 1. The second kappa shape index (κ2) is 5.83. The summed E-state index contributed by atoms with van der Waals surface area (Å²) in [5, 5.41) is 1.10. The van der Waals surface area contributed by atoms with Crippen molar-refractivity contribution in [2.45, 2.75) is 6.42 Å². The predicted molar refractivity (Wildman–Crippen MR) is 89.6 cm³/mol. The van der Waals surface area contributed by atoms with Crippen LogP contribution in [0, 0.1) is 0 Å². The maximum atomic E-state index is 6.15. The quantitative estimate of drug-likeness (QED) is 0.793. The summed E-state index contributed by atoms with van der Waals surface area (Å²) < 4.78 is 0. The molecular formula is C18H19N3. The third-order valence-corrected chi connectivity index (χ3v) is 3.74. The van der Waals surface area contributed by atoms with Crippen molar-refractivity contribution < 1.29 is 0 Å². The van der Waals surface area contributed by atoms with Gasteiger partial charge in [0.05, 0.1) is 23.1 Å². The largest absolute Gasteiger partial charge is 0.396 e.